The molecule has 0 aliphatic heterocycles. The smallest absolute Gasteiger partial charge is 0.234 e. The van der Waals surface area contributed by atoms with Crippen LogP contribution in [0.3, 0.4) is 0 Å². The van der Waals surface area contributed by atoms with E-state index in [-0.39, 0.29) is 12.6 Å². The molecule has 0 aliphatic rings. The number of nitrogens with two attached hydrogens (primary N) is 1. The summed E-state index contributed by atoms with van der Waals surface area (Å²) in [7, 11) is 1.93. The number of hydrogen-bond acceptors (Lipinski definition) is 7. The molecular formula is C24H26Cl2N6O2. The number of hydrogen-bond donors (Lipinski definition) is 2. The van der Waals surface area contributed by atoms with Crippen molar-refractivity contribution in [1.82, 2.24) is 19.6 Å². The molecule has 2 heterocycles. The fourth-order valence-electron chi connectivity index (χ4n) is 3.65. The standard InChI is InChI=1S/C24H26Cl2N6O2/c1-31(18-7-3-2-4-8-18)24-29-15-28-23-16(13-30-32(23)24)12-19-21(10-9-20(25)22(19)26)34-11-5-6-17(27)14-33/h2-4,7-10,13,15,17,33H,5-6,11-12,14,27H2,1H3/t17-/m1/s1. The molecule has 0 amide bonds. The largest absolute Gasteiger partial charge is 0.493 e. The van der Waals surface area contributed by atoms with E-state index in [1.54, 1.807) is 16.8 Å². The summed E-state index contributed by atoms with van der Waals surface area (Å²) in [6.07, 6.45) is 5.08. The molecule has 2 aromatic carbocycles. The Kier molecular flexibility index (Phi) is 7.84. The van der Waals surface area contributed by atoms with E-state index in [9.17, 15) is 0 Å². The first kappa shape index (κ1) is 24.2. The molecule has 0 aliphatic carbocycles. The molecule has 0 radical (unpaired) electrons. The van der Waals surface area contributed by atoms with Crippen LogP contribution in [0.25, 0.3) is 5.65 Å². The van der Waals surface area contributed by atoms with Gasteiger partial charge in [0, 0.05) is 36.3 Å². The molecule has 0 spiro atoms. The van der Waals surface area contributed by atoms with Crippen LogP contribution < -0.4 is 15.4 Å². The van der Waals surface area contributed by atoms with Gasteiger partial charge in [0.05, 0.1) is 29.5 Å². The van der Waals surface area contributed by atoms with Crippen molar-refractivity contribution < 1.29 is 9.84 Å². The fraction of sp³-hybridized carbons (Fsp3) is 0.292. The first-order valence-electron chi connectivity index (χ1n) is 10.9. The summed E-state index contributed by atoms with van der Waals surface area (Å²) in [6.45, 7) is 0.400. The average molecular weight is 501 g/mol. The molecule has 0 bridgehead atoms. The number of anilines is 2. The topological polar surface area (TPSA) is 102 Å². The number of ether oxygens (including phenoxy) is 1. The molecule has 4 rings (SSSR count). The lowest BCUT2D eigenvalue weighted by Crippen LogP contribution is -2.24. The van der Waals surface area contributed by atoms with Crippen LogP contribution in [0.4, 0.5) is 11.6 Å². The number of aliphatic hydroxyl groups is 1. The minimum atomic E-state index is -0.251. The molecule has 8 nitrogen and oxygen atoms in total. The number of benzene rings is 2. The van der Waals surface area contributed by atoms with E-state index in [2.05, 4.69) is 15.1 Å². The number of fused-ring (bicyclic) bond motifs is 1. The number of aliphatic hydroxyl groups excluding tert-OH is 1. The van der Waals surface area contributed by atoms with E-state index < -0.39 is 0 Å². The Bertz CT molecular complexity index is 1250. The Labute approximate surface area is 207 Å². The third-order valence-electron chi connectivity index (χ3n) is 5.53. The summed E-state index contributed by atoms with van der Waals surface area (Å²) in [5, 5.41) is 14.5. The number of para-hydroxylation sites is 1. The highest BCUT2D eigenvalue weighted by Crippen LogP contribution is 2.35. The van der Waals surface area contributed by atoms with Gasteiger partial charge in [-0.15, -0.1) is 0 Å². The lowest BCUT2D eigenvalue weighted by molar-refractivity contribution is 0.244. The van der Waals surface area contributed by atoms with E-state index in [4.69, 9.17) is 38.8 Å². The number of aromatic nitrogens is 4. The lowest BCUT2D eigenvalue weighted by atomic mass is 10.1. The van der Waals surface area contributed by atoms with Gasteiger partial charge in [-0.25, -0.2) is 9.97 Å². The summed E-state index contributed by atoms with van der Waals surface area (Å²) >= 11 is 12.9. The first-order chi connectivity index (χ1) is 16.5. The number of rotatable bonds is 10. The molecule has 3 N–H and O–H groups in total. The second-order valence-electron chi connectivity index (χ2n) is 7.92. The molecule has 0 saturated heterocycles. The Hall–Kier alpha value is -2.91. The van der Waals surface area contributed by atoms with Gasteiger partial charge in [0.1, 0.15) is 12.1 Å². The third-order valence-corrected chi connectivity index (χ3v) is 6.38. The minimum Gasteiger partial charge on any atom is -0.493 e. The Morgan fingerprint density at radius 3 is 2.71 bits per heavy atom. The Morgan fingerprint density at radius 1 is 1.15 bits per heavy atom. The Balaban J connectivity index is 1.61. The molecule has 1 atom stereocenters. The van der Waals surface area contributed by atoms with Crippen LogP contribution in [0, 0.1) is 0 Å². The second-order valence-corrected chi connectivity index (χ2v) is 8.71. The molecule has 0 unspecified atom stereocenters. The molecule has 178 valence electrons. The molecular weight excluding hydrogens is 475 g/mol. The van der Waals surface area contributed by atoms with Gasteiger partial charge in [-0.2, -0.15) is 9.61 Å². The quantitative estimate of drug-likeness (QED) is 0.313. The molecule has 2 aromatic heterocycles. The van der Waals surface area contributed by atoms with Crippen molar-refractivity contribution in [1.29, 1.82) is 0 Å². The highest BCUT2D eigenvalue weighted by Gasteiger charge is 2.18. The van der Waals surface area contributed by atoms with Crippen molar-refractivity contribution in [2.24, 2.45) is 5.73 Å². The summed E-state index contributed by atoms with van der Waals surface area (Å²) in [5.74, 6) is 1.28. The maximum absolute atomic E-state index is 9.09. The summed E-state index contributed by atoms with van der Waals surface area (Å²) in [4.78, 5) is 10.9. The molecule has 4 aromatic rings. The van der Waals surface area contributed by atoms with Crippen molar-refractivity contribution >= 4 is 40.5 Å². The van der Waals surface area contributed by atoms with E-state index >= 15 is 0 Å². The highest BCUT2D eigenvalue weighted by molar-refractivity contribution is 6.42. The van der Waals surface area contributed by atoms with Crippen molar-refractivity contribution in [2.45, 2.75) is 25.3 Å². The van der Waals surface area contributed by atoms with Crippen molar-refractivity contribution in [3.8, 4) is 5.75 Å². The van der Waals surface area contributed by atoms with Crippen LogP contribution in [0.15, 0.2) is 55.0 Å². The number of nitrogens with zero attached hydrogens (tertiary/aromatic N) is 5. The van der Waals surface area contributed by atoms with Gasteiger partial charge < -0.3 is 20.5 Å². The van der Waals surface area contributed by atoms with Crippen molar-refractivity contribution in [2.75, 3.05) is 25.2 Å². The van der Waals surface area contributed by atoms with Gasteiger partial charge >= 0.3 is 0 Å². The Morgan fingerprint density at radius 2 is 1.94 bits per heavy atom. The molecule has 0 fully saturated rings. The SMILES string of the molecule is CN(c1ccccc1)c1ncnc2c(Cc3c(OCCC[C@@H](N)CO)ccc(Cl)c3Cl)cnn12. The monoisotopic (exact) mass is 500 g/mol. The van der Waals surface area contributed by atoms with Crippen LogP contribution in [0.2, 0.25) is 10.0 Å². The van der Waals surface area contributed by atoms with Crippen LogP contribution in [-0.2, 0) is 6.42 Å². The fourth-order valence-corrected chi connectivity index (χ4v) is 4.05. The van der Waals surface area contributed by atoms with Crippen LogP contribution in [0.1, 0.15) is 24.0 Å². The zero-order valence-electron chi connectivity index (χ0n) is 18.7. The van der Waals surface area contributed by atoms with Crippen LogP contribution in [-0.4, -0.2) is 51.0 Å². The second kappa shape index (κ2) is 11.0. The van der Waals surface area contributed by atoms with E-state index in [0.29, 0.717) is 53.3 Å². The predicted octanol–water partition coefficient (Wildman–Crippen LogP) is 4.27. The zero-order chi connectivity index (χ0) is 24.1. The van der Waals surface area contributed by atoms with Gasteiger partial charge in [-0.1, -0.05) is 41.4 Å². The van der Waals surface area contributed by atoms with Gasteiger partial charge in [0.25, 0.3) is 0 Å². The summed E-state index contributed by atoms with van der Waals surface area (Å²) in [5.41, 5.74) is 9.04. The van der Waals surface area contributed by atoms with Crippen LogP contribution in [0.5, 0.6) is 5.75 Å². The lowest BCUT2D eigenvalue weighted by Gasteiger charge is -2.18. The molecule has 34 heavy (non-hydrogen) atoms. The highest BCUT2D eigenvalue weighted by atomic mass is 35.5. The maximum Gasteiger partial charge on any atom is 0.234 e. The first-order valence-corrected chi connectivity index (χ1v) is 11.7. The van der Waals surface area contributed by atoms with Crippen molar-refractivity contribution in [3.63, 3.8) is 0 Å². The maximum atomic E-state index is 9.09. The van der Waals surface area contributed by atoms with Crippen LogP contribution >= 0.6 is 23.2 Å². The zero-order valence-corrected chi connectivity index (χ0v) is 20.2. The van der Waals surface area contributed by atoms with E-state index in [1.165, 1.54) is 6.33 Å². The van der Waals surface area contributed by atoms with Crippen molar-refractivity contribution in [3.05, 3.63) is 76.2 Å². The van der Waals surface area contributed by atoms with Gasteiger partial charge in [-0.05, 0) is 37.1 Å². The van der Waals surface area contributed by atoms with E-state index in [0.717, 1.165) is 16.8 Å². The molecule has 0 saturated carbocycles. The molecule has 10 heteroatoms. The predicted molar refractivity (Wildman–Crippen MR) is 134 cm³/mol. The van der Waals surface area contributed by atoms with E-state index in [1.807, 2.05) is 48.3 Å². The summed E-state index contributed by atoms with van der Waals surface area (Å²) in [6, 6.07) is 13.2. The number of halogens is 2. The summed E-state index contributed by atoms with van der Waals surface area (Å²) < 4.78 is 7.71. The van der Waals surface area contributed by atoms with Gasteiger partial charge in [0.2, 0.25) is 5.95 Å². The average Bonchev–Trinajstić information content (AvgIpc) is 3.28. The normalized spacial score (nSPS) is 12.1. The van der Waals surface area contributed by atoms with Gasteiger partial charge in [0.15, 0.2) is 5.65 Å². The third kappa shape index (κ3) is 5.26. The van der Waals surface area contributed by atoms with Gasteiger partial charge in [-0.3, -0.25) is 0 Å². The minimum absolute atomic E-state index is 0.0456.